The van der Waals surface area contributed by atoms with Crippen LogP contribution in [0, 0.1) is 6.92 Å². The molecule has 0 saturated heterocycles. The third-order valence-corrected chi connectivity index (χ3v) is 4.65. The molecule has 0 aliphatic carbocycles. The van der Waals surface area contributed by atoms with E-state index in [1.54, 1.807) is 0 Å². The third kappa shape index (κ3) is 3.70. The van der Waals surface area contributed by atoms with Gasteiger partial charge < -0.3 is 9.15 Å². The van der Waals surface area contributed by atoms with E-state index >= 15 is 0 Å². The van der Waals surface area contributed by atoms with E-state index in [0.29, 0.717) is 18.9 Å². The average molecular weight is 347 g/mol. The Morgan fingerprint density at radius 3 is 2.38 bits per heavy atom. The van der Waals surface area contributed by atoms with Crippen LogP contribution in [0.4, 0.5) is 0 Å². The Hall–Kier alpha value is -2.85. The van der Waals surface area contributed by atoms with Crippen molar-refractivity contribution in [3.05, 3.63) is 99.1 Å². The molecule has 3 aromatic rings. The fourth-order valence-corrected chi connectivity index (χ4v) is 3.21. The first-order chi connectivity index (χ1) is 12.7. The standard InChI is InChI=1S/C22H21NO3/c1-16-6-8-17(9-7-16)14-26-22-15-25-20(10-21(22)24)13-23-11-18-4-2-3-5-19(18)12-23/h2-10,15H,11-14H2,1H3. The highest BCUT2D eigenvalue weighted by molar-refractivity contribution is 5.30. The zero-order valence-electron chi connectivity index (χ0n) is 14.8. The van der Waals surface area contributed by atoms with Gasteiger partial charge in [-0.05, 0) is 23.6 Å². The highest BCUT2D eigenvalue weighted by atomic mass is 16.5. The first kappa shape index (κ1) is 16.6. The molecule has 26 heavy (non-hydrogen) atoms. The van der Waals surface area contributed by atoms with E-state index in [-0.39, 0.29) is 11.2 Å². The van der Waals surface area contributed by atoms with Gasteiger partial charge in [-0.15, -0.1) is 0 Å². The predicted molar refractivity (Wildman–Crippen MR) is 99.9 cm³/mol. The fraction of sp³-hybridized carbons (Fsp3) is 0.227. The van der Waals surface area contributed by atoms with Crippen LogP contribution in [-0.4, -0.2) is 4.90 Å². The monoisotopic (exact) mass is 347 g/mol. The Bertz CT molecular complexity index is 935. The quantitative estimate of drug-likeness (QED) is 0.698. The molecule has 4 nitrogen and oxygen atoms in total. The molecule has 4 rings (SSSR count). The molecule has 0 atom stereocenters. The molecule has 0 saturated carbocycles. The van der Waals surface area contributed by atoms with Crippen molar-refractivity contribution in [3.8, 4) is 5.75 Å². The Morgan fingerprint density at radius 2 is 1.73 bits per heavy atom. The van der Waals surface area contributed by atoms with Crippen molar-refractivity contribution >= 4 is 0 Å². The second-order valence-electron chi connectivity index (χ2n) is 6.76. The van der Waals surface area contributed by atoms with E-state index < -0.39 is 0 Å². The summed E-state index contributed by atoms with van der Waals surface area (Å²) in [6.07, 6.45) is 1.43. The maximum atomic E-state index is 12.3. The van der Waals surface area contributed by atoms with Gasteiger partial charge in [0, 0.05) is 19.2 Å². The largest absolute Gasteiger partial charge is 0.482 e. The van der Waals surface area contributed by atoms with Gasteiger partial charge in [-0.25, -0.2) is 0 Å². The van der Waals surface area contributed by atoms with Crippen molar-refractivity contribution in [2.45, 2.75) is 33.2 Å². The predicted octanol–water partition coefficient (Wildman–Crippen LogP) is 4.04. The number of ether oxygens (including phenoxy) is 1. The lowest BCUT2D eigenvalue weighted by molar-refractivity contribution is 0.241. The summed E-state index contributed by atoms with van der Waals surface area (Å²) in [5.41, 5.74) is 4.76. The molecule has 1 aliphatic heterocycles. The number of fused-ring (bicyclic) bond motifs is 1. The number of benzene rings is 2. The van der Waals surface area contributed by atoms with Crippen LogP contribution >= 0.6 is 0 Å². The second-order valence-corrected chi connectivity index (χ2v) is 6.76. The number of rotatable bonds is 5. The lowest BCUT2D eigenvalue weighted by Gasteiger charge is -2.14. The van der Waals surface area contributed by atoms with Gasteiger partial charge in [0.2, 0.25) is 11.2 Å². The summed E-state index contributed by atoms with van der Waals surface area (Å²) < 4.78 is 11.3. The minimum absolute atomic E-state index is 0.143. The Kier molecular flexibility index (Phi) is 4.59. The maximum Gasteiger partial charge on any atom is 0.227 e. The summed E-state index contributed by atoms with van der Waals surface area (Å²) in [4.78, 5) is 14.6. The zero-order valence-corrected chi connectivity index (χ0v) is 14.8. The number of hydrogen-bond acceptors (Lipinski definition) is 4. The molecule has 0 N–H and O–H groups in total. The summed E-state index contributed by atoms with van der Waals surface area (Å²) in [6, 6.07) is 18.0. The summed E-state index contributed by atoms with van der Waals surface area (Å²) in [7, 11) is 0. The molecule has 1 aromatic heterocycles. The van der Waals surface area contributed by atoms with Crippen LogP contribution in [0.15, 0.2) is 70.1 Å². The fourth-order valence-electron chi connectivity index (χ4n) is 3.21. The van der Waals surface area contributed by atoms with Crippen LogP contribution < -0.4 is 10.2 Å². The van der Waals surface area contributed by atoms with Gasteiger partial charge in [0.05, 0.1) is 6.54 Å². The van der Waals surface area contributed by atoms with E-state index in [4.69, 9.17) is 9.15 Å². The van der Waals surface area contributed by atoms with Crippen molar-refractivity contribution in [1.29, 1.82) is 0 Å². The number of aryl methyl sites for hydroxylation is 1. The van der Waals surface area contributed by atoms with Crippen LogP contribution in [0.1, 0.15) is 28.0 Å². The molecular weight excluding hydrogens is 326 g/mol. The molecule has 0 unspecified atom stereocenters. The number of nitrogens with zero attached hydrogens (tertiary/aromatic N) is 1. The Morgan fingerprint density at radius 1 is 1.04 bits per heavy atom. The molecule has 4 heteroatoms. The van der Waals surface area contributed by atoms with Crippen LogP contribution in [0.2, 0.25) is 0 Å². The zero-order chi connectivity index (χ0) is 17.9. The van der Waals surface area contributed by atoms with Crippen LogP contribution in [-0.2, 0) is 26.2 Å². The Balaban J connectivity index is 1.39. The van der Waals surface area contributed by atoms with Crippen molar-refractivity contribution < 1.29 is 9.15 Å². The van der Waals surface area contributed by atoms with Crippen molar-refractivity contribution in [2.24, 2.45) is 0 Å². The molecule has 0 spiro atoms. The topological polar surface area (TPSA) is 42.7 Å². The molecule has 2 heterocycles. The van der Waals surface area contributed by atoms with E-state index in [0.717, 1.165) is 18.7 Å². The first-order valence-electron chi connectivity index (χ1n) is 8.76. The summed E-state index contributed by atoms with van der Waals surface area (Å²) >= 11 is 0. The lowest BCUT2D eigenvalue weighted by Crippen LogP contribution is -2.17. The molecular formula is C22H21NO3. The van der Waals surface area contributed by atoms with Crippen molar-refractivity contribution in [2.75, 3.05) is 0 Å². The Labute approximate surface area is 152 Å². The van der Waals surface area contributed by atoms with E-state index in [2.05, 4.69) is 29.2 Å². The highest BCUT2D eigenvalue weighted by Gasteiger charge is 2.19. The molecule has 0 fully saturated rings. The molecule has 0 amide bonds. The van der Waals surface area contributed by atoms with Gasteiger partial charge in [0.1, 0.15) is 18.6 Å². The van der Waals surface area contributed by atoms with Crippen LogP contribution in [0.25, 0.3) is 0 Å². The van der Waals surface area contributed by atoms with Crippen molar-refractivity contribution in [1.82, 2.24) is 4.90 Å². The minimum Gasteiger partial charge on any atom is -0.482 e. The smallest absolute Gasteiger partial charge is 0.227 e. The summed E-state index contributed by atoms with van der Waals surface area (Å²) in [6.45, 7) is 4.77. The van der Waals surface area contributed by atoms with E-state index in [9.17, 15) is 4.79 Å². The van der Waals surface area contributed by atoms with Gasteiger partial charge in [0.25, 0.3) is 0 Å². The summed E-state index contributed by atoms with van der Waals surface area (Å²) in [5, 5.41) is 0. The minimum atomic E-state index is -0.143. The molecule has 2 aromatic carbocycles. The van der Waals surface area contributed by atoms with Crippen LogP contribution in [0.3, 0.4) is 0 Å². The molecule has 0 bridgehead atoms. The van der Waals surface area contributed by atoms with Crippen molar-refractivity contribution in [3.63, 3.8) is 0 Å². The molecule has 0 radical (unpaired) electrons. The highest BCUT2D eigenvalue weighted by Crippen LogP contribution is 2.24. The normalized spacial score (nSPS) is 13.6. The van der Waals surface area contributed by atoms with Gasteiger partial charge in [-0.1, -0.05) is 54.1 Å². The number of hydrogen-bond donors (Lipinski definition) is 0. The van der Waals surface area contributed by atoms with Gasteiger partial charge in [-0.2, -0.15) is 0 Å². The van der Waals surface area contributed by atoms with E-state index in [1.807, 2.05) is 31.2 Å². The van der Waals surface area contributed by atoms with Gasteiger partial charge in [-0.3, -0.25) is 9.69 Å². The maximum absolute atomic E-state index is 12.3. The van der Waals surface area contributed by atoms with Gasteiger partial charge >= 0.3 is 0 Å². The molecule has 132 valence electrons. The average Bonchev–Trinajstić information content (AvgIpc) is 3.04. The van der Waals surface area contributed by atoms with Gasteiger partial charge in [0.15, 0.2) is 0 Å². The lowest BCUT2D eigenvalue weighted by atomic mass is 10.1. The third-order valence-electron chi connectivity index (χ3n) is 4.65. The van der Waals surface area contributed by atoms with Crippen LogP contribution in [0.5, 0.6) is 5.75 Å². The first-order valence-corrected chi connectivity index (χ1v) is 8.76. The molecule has 1 aliphatic rings. The SMILES string of the molecule is Cc1ccc(COc2coc(CN3Cc4ccccc4C3)cc2=O)cc1. The van der Waals surface area contributed by atoms with E-state index in [1.165, 1.54) is 29.0 Å². The second kappa shape index (κ2) is 7.18. The summed E-state index contributed by atoms with van der Waals surface area (Å²) in [5.74, 6) is 0.907.